The molecule has 0 unspecified atom stereocenters. The summed E-state index contributed by atoms with van der Waals surface area (Å²) in [5.41, 5.74) is 2.23. The molecule has 1 N–H and O–H groups in total. The molecule has 8 heteroatoms. The highest BCUT2D eigenvalue weighted by molar-refractivity contribution is 7.98. The first-order valence-electron chi connectivity index (χ1n) is 6.45. The summed E-state index contributed by atoms with van der Waals surface area (Å²) in [7, 11) is 1.53. The number of nitrogens with zero attached hydrogens (tertiary/aromatic N) is 3. The van der Waals surface area contributed by atoms with Crippen LogP contribution in [0.25, 0.3) is 22.3 Å². The molecule has 0 fully saturated rings. The van der Waals surface area contributed by atoms with Crippen molar-refractivity contribution in [2.45, 2.75) is 5.16 Å². The predicted molar refractivity (Wildman–Crippen MR) is 92.4 cm³/mol. The van der Waals surface area contributed by atoms with Crippen molar-refractivity contribution < 1.29 is 4.74 Å². The zero-order chi connectivity index (χ0) is 16.6. The Morgan fingerprint density at radius 2 is 2.04 bits per heavy atom. The maximum atomic E-state index is 9.33. The van der Waals surface area contributed by atoms with Crippen molar-refractivity contribution in [1.82, 2.24) is 15.0 Å². The lowest BCUT2D eigenvalue weighted by Crippen LogP contribution is -1.95. The van der Waals surface area contributed by atoms with Crippen LogP contribution in [0.2, 0.25) is 10.0 Å². The van der Waals surface area contributed by atoms with Crippen molar-refractivity contribution in [2.24, 2.45) is 0 Å². The Hall–Kier alpha value is -1.94. The van der Waals surface area contributed by atoms with Gasteiger partial charge in [0, 0.05) is 11.8 Å². The van der Waals surface area contributed by atoms with E-state index in [4.69, 9.17) is 27.9 Å². The summed E-state index contributed by atoms with van der Waals surface area (Å²) >= 11 is 13.9. The second kappa shape index (κ2) is 6.28. The van der Waals surface area contributed by atoms with Crippen LogP contribution in [-0.4, -0.2) is 28.3 Å². The number of halogens is 2. The molecule has 0 radical (unpaired) electrons. The molecule has 0 spiro atoms. The number of benzene rings is 1. The van der Waals surface area contributed by atoms with E-state index in [9.17, 15) is 5.26 Å². The average molecular weight is 365 g/mol. The molecule has 0 aliphatic heterocycles. The Balaban J connectivity index is 2.39. The Morgan fingerprint density at radius 3 is 2.70 bits per heavy atom. The van der Waals surface area contributed by atoms with Gasteiger partial charge in [-0.05, 0) is 18.4 Å². The fourth-order valence-electron chi connectivity index (χ4n) is 2.25. The number of nitriles is 1. The van der Waals surface area contributed by atoms with E-state index in [0.717, 1.165) is 0 Å². The number of rotatable bonds is 3. The number of aromatic amines is 1. The summed E-state index contributed by atoms with van der Waals surface area (Å²) < 4.78 is 5.26. The average Bonchev–Trinajstić information content (AvgIpc) is 2.97. The molecule has 116 valence electrons. The lowest BCUT2D eigenvalue weighted by molar-refractivity contribution is 0.415. The molecule has 0 atom stereocenters. The van der Waals surface area contributed by atoms with Crippen molar-refractivity contribution in [2.75, 3.05) is 13.4 Å². The van der Waals surface area contributed by atoms with E-state index in [0.29, 0.717) is 48.8 Å². The largest absolute Gasteiger partial charge is 0.495 e. The third-order valence-electron chi connectivity index (χ3n) is 3.31. The smallest absolute Gasteiger partial charge is 0.189 e. The number of ether oxygens (including phenoxy) is 1. The second-order valence-electron chi connectivity index (χ2n) is 4.56. The zero-order valence-electron chi connectivity index (χ0n) is 12.1. The number of thioether (sulfide) groups is 1. The highest BCUT2D eigenvalue weighted by Gasteiger charge is 2.19. The molecule has 3 aromatic rings. The Labute approximate surface area is 146 Å². The number of fused-ring (bicyclic) bond motifs is 1. The van der Waals surface area contributed by atoms with Crippen molar-refractivity contribution in [3.8, 4) is 23.1 Å². The Morgan fingerprint density at radius 1 is 1.26 bits per heavy atom. The van der Waals surface area contributed by atoms with Gasteiger partial charge in [0.2, 0.25) is 0 Å². The van der Waals surface area contributed by atoms with Crippen LogP contribution in [0.15, 0.2) is 23.5 Å². The van der Waals surface area contributed by atoms with Crippen LogP contribution >= 0.6 is 35.0 Å². The maximum absolute atomic E-state index is 9.33. The minimum Gasteiger partial charge on any atom is -0.495 e. The van der Waals surface area contributed by atoms with E-state index >= 15 is 0 Å². The molecule has 0 aliphatic rings. The molecule has 1 aromatic carbocycles. The molecule has 0 saturated heterocycles. The normalized spacial score (nSPS) is 10.7. The van der Waals surface area contributed by atoms with Crippen LogP contribution in [0.1, 0.15) is 5.56 Å². The number of nitrogens with one attached hydrogen (secondary N) is 1. The molecule has 0 saturated carbocycles. The summed E-state index contributed by atoms with van der Waals surface area (Å²) in [6.07, 6.45) is 3.48. The van der Waals surface area contributed by atoms with Gasteiger partial charge in [-0.25, -0.2) is 9.97 Å². The van der Waals surface area contributed by atoms with E-state index in [1.807, 2.05) is 6.26 Å². The standard InChI is InChI=1S/C15H10Cl2N4OS/c1-22-11-3-8(9(16)4-10(11)17)13-12-7(5-18)6-19-14(12)21-15(20-13)23-2/h3-4,6H,1-2H3,(H,19,20,21). The lowest BCUT2D eigenvalue weighted by Gasteiger charge is -2.10. The van der Waals surface area contributed by atoms with Crippen LogP contribution in [0, 0.1) is 11.3 Å². The minimum absolute atomic E-state index is 0.409. The van der Waals surface area contributed by atoms with Gasteiger partial charge in [-0.1, -0.05) is 35.0 Å². The molecule has 0 aliphatic carbocycles. The van der Waals surface area contributed by atoms with Crippen LogP contribution in [0.4, 0.5) is 0 Å². The van der Waals surface area contributed by atoms with Crippen molar-refractivity contribution in [1.29, 1.82) is 5.26 Å². The first-order valence-corrected chi connectivity index (χ1v) is 8.43. The fraction of sp³-hybridized carbons (Fsp3) is 0.133. The van der Waals surface area contributed by atoms with Crippen LogP contribution < -0.4 is 4.74 Å². The summed E-state index contributed by atoms with van der Waals surface area (Å²) in [5.74, 6) is 0.484. The molecule has 0 bridgehead atoms. The van der Waals surface area contributed by atoms with Gasteiger partial charge < -0.3 is 9.72 Å². The molecular weight excluding hydrogens is 355 g/mol. The summed E-state index contributed by atoms with van der Waals surface area (Å²) in [4.78, 5) is 11.9. The van der Waals surface area contributed by atoms with Gasteiger partial charge in [-0.15, -0.1) is 0 Å². The topological polar surface area (TPSA) is 74.6 Å². The molecule has 2 heterocycles. The van der Waals surface area contributed by atoms with Gasteiger partial charge in [-0.3, -0.25) is 0 Å². The quantitative estimate of drug-likeness (QED) is 0.545. The van der Waals surface area contributed by atoms with Gasteiger partial charge in [0.05, 0.1) is 33.8 Å². The number of H-pyrrole nitrogens is 1. The highest BCUT2D eigenvalue weighted by atomic mass is 35.5. The SMILES string of the molecule is COc1cc(-c2nc(SC)nc3[nH]cc(C#N)c23)c(Cl)cc1Cl. The van der Waals surface area contributed by atoms with Gasteiger partial charge in [0.1, 0.15) is 17.5 Å². The molecule has 5 nitrogen and oxygen atoms in total. The number of hydrogen-bond donors (Lipinski definition) is 1. The highest BCUT2D eigenvalue weighted by Crippen LogP contribution is 2.39. The zero-order valence-corrected chi connectivity index (χ0v) is 14.5. The second-order valence-corrected chi connectivity index (χ2v) is 6.15. The number of aromatic nitrogens is 3. The fourth-order valence-corrected chi connectivity index (χ4v) is 3.17. The van der Waals surface area contributed by atoms with Crippen molar-refractivity contribution in [3.05, 3.63) is 33.9 Å². The monoisotopic (exact) mass is 364 g/mol. The molecule has 23 heavy (non-hydrogen) atoms. The Kier molecular flexibility index (Phi) is 4.35. The first kappa shape index (κ1) is 15.9. The van der Waals surface area contributed by atoms with Crippen molar-refractivity contribution >= 4 is 46.0 Å². The maximum Gasteiger partial charge on any atom is 0.189 e. The van der Waals surface area contributed by atoms with E-state index in [1.54, 1.807) is 18.3 Å². The Bertz CT molecular complexity index is 949. The van der Waals surface area contributed by atoms with E-state index < -0.39 is 0 Å². The number of methoxy groups -OCH3 is 1. The summed E-state index contributed by atoms with van der Waals surface area (Å²) in [6.45, 7) is 0. The van der Waals surface area contributed by atoms with E-state index in [2.05, 4.69) is 21.0 Å². The van der Waals surface area contributed by atoms with Crippen LogP contribution in [0.5, 0.6) is 5.75 Å². The molecule has 3 rings (SSSR count). The summed E-state index contributed by atoms with van der Waals surface area (Å²) in [6, 6.07) is 5.45. The van der Waals surface area contributed by atoms with E-state index in [1.165, 1.54) is 18.9 Å². The van der Waals surface area contributed by atoms with E-state index in [-0.39, 0.29) is 0 Å². The van der Waals surface area contributed by atoms with Gasteiger partial charge in [0.25, 0.3) is 0 Å². The van der Waals surface area contributed by atoms with Crippen LogP contribution in [-0.2, 0) is 0 Å². The molecule has 0 amide bonds. The third kappa shape index (κ3) is 2.72. The van der Waals surface area contributed by atoms with Crippen LogP contribution in [0.3, 0.4) is 0 Å². The van der Waals surface area contributed by atoms with Gasteiger partial charge >= 0.3 is 0 Å². The number of hydrogen-bond acceptors (Lipinski definition) is 5. The third-order valence-corrected chi connectivity index (χ3v) is 4.47. The van der Waals surface area contributed by atoms with Gasteiger partial charge in [-0.2, -0.15) is 5.26 Å². The lowest BCUT2D eigenvalue weighted by atomic mass is 10.1. The van der Waals surface area contributed by atoms with Gasteiger partial charge in [0.15, 0.2) is 5.16 Å². The van der Waals surface area contributed by atoms with Crippen molar-refractivity contribution in [3.63, 3.8) is 0 Å². The predicted octanol–water partition coefficient (Wildman–Crippen LogP) is 4.53. The summed E-state index contributed by atoms with van der Waals surface area (Å²) in [5, 5.41) is 11.4. The first-order chi connectivity index (χ1) is 11.1. The molecule has 2 aromatic heterocycles. The minimum atomic E-state index is 0.409. The molecular formula is C15H10Cl2N4OS.